The maximum absolute atomic E-state index is 13.7. The van der Waals surface area contributed by atoms with E-state index in [0.29, 0.717) is 11.8 Å². The maximum atomic E-state index is 13.7. The number of benzene rings is 4. The highest BCUT2D eigenvalue weighted by Gasteiger charge is 2.30. The molecule has 0 bridgehead atoms. The van der Waals surface area contributed by atoms with E-state index < -0.39 is 29.9 Å². The zero-order valence-electron chi connectivity index (χ0n) is 24.7. The minimum absolute atomic E-state index is 0.0487. The van der Waals surface area contributed by atoms with Crippen LogP contribution in [-0.4, -0.2) is 52.3 Å². The molecular weight excluding hydrogens is 558 g/mol. The Hall–Kier alpha value is -5.18. The van der Waals surface area contributed by atoms with Crippen LogP contribution in [0.15, 0.2) is 91.0 Å². The van der Waals surface area contributed by atoms with E-state index in [1.807, 2.05) is 42.5 Å². The largest absolute Gasteiger partial charge is 0.508 e. The van der Waals surface area contributed by atoms with E-state index in [1.165, 1.54) is 24.3 Å². The number of carbonyl (C=O) groups is 4. The standard InChI is InChI=1S/C35H37N3O6/c1-22(2)33(35(44)36-27(21-39)18-23-10-14-28(40)15-11-23)38-34(43)31(19-24-12-16-29(41)17-13-24)37-32(42)20-26-8-5-7-25-6-3-4-9-30(25)26/h3-17,21-22,27,31,33,40-41H,18-20H2,1-2H3,(H,36,44)(H,37,42)(H,38,43). The normalized spacial score (nSPS) is 13.1. The summed E-state index contributed by atoms with van der Waals surface area (Å²) in [6, 6.07) is 23.3. The summed E-state index contributed by atoms with van der Waals surface area (Å²) >= 11 is 0. The topological polar surface area (TPSA) is 145 Å². The highest BCUT2D eigenvalue weighted by Crippen LogP contribution is 2.19. The second-order valence-electron chi connectivity index (χ2n) is 11.2. The van der Waals surface area contributed by atoms with Gasteiger partial charge >= 0.3 is 0 Å². The van der Waals surface area contributed by atoms with Crippen molar-refractivity contribution in [3.63, 3.8) is 0 Å². The van der Waals surface area contributed by atoms with Gasteiger partial charge in [-0.3, -0.25) is 14.4 Å². The SMILES string of the molecule is CC(C)C(NC(=O)C(Cc1ccc(O)cc1)NC(=O)Cc1cccc2ccccc12)C(=O)NC(C=O)Cc1ccc(O)cc1. The van der Waals surface area contributed by atoms with E-state index in [1.54, 1.807) is 38.1 Å². The molecule has 9 nitrogen and oxygen atoms in total. The van der Waals surface area contributed by atoms with Crippen LogP contribution in [0.1, 0.15) is 30.5 Å². The molecule has 4 aromatic rings. The van der Waals surface area contributed by atoms with Gasteiger partial charge in [-0.15, -0.1) is 0 Å². The number of fused-ring (bicyclic) bond motifs is 1. The van der Waals surface area contributed by atoms with Crippen molar-refractivity contribution in [2.75, 3.05) is 0 Å². The number of amides is 3. The molecule has 0 aromatic heterocycles. The molecular formula is C35H37N3O6. The Kier molecular flexibility index (Phi) is 10.7. The number of rotatable bonds is 13. The third kappa shape index (κ3) is 8.67. The van der Waals surface area contributed by atoms with Crippen LogP contribution in [0, 0.1) is 5.92 Å². The molecule has 0 saturated carbocycles. The molecule has 3 unspecified atom stereocenters. The molecule has 0 aliphatic rings. The summed E-state index contributed by atoms with van der Waals surface area (Å²) in [4.78, 5) is 52.0. The lowest BCUT2D eigenvalue weighted by molar-refractivity contribution is -0.133. The summed E-state index contributed by atoms with van der Waals surface area (Å²) in [6.45, 7) is 3.54. The van der Waals surface area contributed by atoms with Crippen LogP contribution in [-0.2, 0) is 38.4 Å². The van der Waals surface area contributed by atoms with E-state index in [2.05, 4.69) is 16.0 Å². The summed E-state index contributed by atoms with van der Waals surface area (Å²) in [5, 5.41) is 29.5. The average Bonchev–Trinajstić information content (AvgIpc) is 3.01. The van der Waals surface area contributed by atoms with Crippen LogP contribution < -0.4 is 16.0 Å². The smallest absolute Gasteiger partial charge is 0.243 e. The van der Waals surface area contributed by atoms with E-state index >= 15 is 0 Å². The van der Waals surface area contributed by atoms with E-state index in [4.69, 9.17) is 0 Å². The van der Waals surface area contributed by atoms with Gasteiger partial charge < -0.3 is 31.0 Å². The van der Waals surface area contributed by atoms with E-state index in [-0.39, 0.29) is 42.6 Å². The van der Waals surface area contributed by atoms with Crippen molar-refractivity contribution in [3.8, 4) is 11.5 Å². The summed E-state index contributed by atoms with van der Waals surface area (Å²) in [6.07, 6.45) is 1.01. The van der Waals surface area contributed by atoms with Crippen LogP contribution in [0.25, 0.3) is 10.8 Å². The molecule has 9 heteroatoms. The highest BCUT2D eigenvalue weighted by atomic mass is 16.3. The number of hydrogen-bond acceptors (Lipinski definition) is 6. The predicted molar refractivity (Wildman–Crippen MR) is 168 cm³/mol. The summed E-state index contributed by atoms with van der Waals surface area (Å²) in [5.74, 6) is -1.62. The fraction of sp³-hybridized carbons (Fsp3) is 0.257. The number of phenols is 2. The third-order valence-electron chi connectivity index (χ3n) is 7.39. The molecule has 0 aliphatic heterocycles. The fourth-order valence-corrected chi connectivity index (χ4v) is 5.02. The van der Waals surface area contributed by atoms with Crippen molar-refractivity contribution in [2.24, 2.45) is 5.92 Å². The second kappa shape index (κ2) is 14.8. The van der Waals surface area contributed by atoms with Crippen molar-refractivity contribution >= 4 is 34.8 Å². The number of carbonyl (C=O) groups excluding carboxylic acids is 4. The van der Waals surface area contributed by atoms with Gasteiger partial charge in [0, 0.05) is 6.42 Å². The Bertz CT molecular complexity index is 1600. The Morgan fingerprint density at radius 1 is 0.705 bits per heavy atom. The van der Waals surface area contributed by atoms with Gasteiger partial charge in [-0.1, -0.05) is 80.6 Å². The first-order chi connectivity index (χ1) is 21.1. The summed E-state index contributed by atoms with van der Waals surface area (Å²) in [5.41, 5.74) is 2.26. The van der Waals surface area contributed by atoms with Crippen LogP contribution in [0.4, 0.5) is 0 Å². The zero-order chi connectivity index (χ0) is 31.6. The summed E-state index contributed by atoms with van der Waals surface area (Å²) < 4.78 is 0. The monoisotopic (exact) mass is 595 g/mol. The molecule has 0 spiro atoms. The molecule has 44 heavy (non-hydrogen) atoms. The predicted octanol–water partition coefficient (Wildman–Crippen LogP) is 3.59. The Morgan fingerprint density at radius 3 is 1.91 bits per heavy atom. The van der Waals surface area contributed by atoms with Crippen LogP contribution >= 0.6 is 0 Å². The quantitative estimate of drug-likeness (QED) is 0.150. The first-order valence-electron chi connectivity index (χ1n) is 14.5. The van der Waals surface area contributed by atoms with Crippen molar-refractivity contribution in [3.05, 3.63) is 108 Å². The minimum Gasteiger partial charge on any atom is -0.508 e. The first-order valence-corrected chi connectivity index (χ1v) is 14.5. The zero-order valence-corrected chi connectivity index (χ0v) is 24.7. The maximum Gasteiger partial charge on any atom is 0.243 e. The molecule has 0 saturated heterocycles. The molecule has 0 fully saturated rings. The lowest BCUT2D eigenvalue weighted by atomic mass is 9.99. The van der Waals surface area contributed by atoms with Gasteiger partial charge in [0.05, 0.1) is 12.5 Å². The van der Waals surface area contributed by atoms with Crippen molar-refractivity contribution in [1.82, 2.24) is 16.0 Å². The van der Waals surface area contributed by atoms with Gasteiger partial charge in [0.1, 0.15) is 29.9 Å². The number of aromatic hydroxyl groups is 2. The Morgan fingerprint density at radius 2 is 1.30 bits per heavy atom. The first kappa shape index (κ1) is 31.7. The number of nitrogens with one attached hydrogen (secondary N) is 3. The van der Waals surface area contributed by atoms with Gasteiger partial charge in [0.25, 0.3) is 0 Å². The molecule has 4 rings (SSSR count). The van der Waals surface area contributed by atoms with E-state index in [0.717, 1.165) is 21.9 Å². The average molecular weight is 596 g/mol. The molecule has 3 amide bonds. The van der Waals surface area contributed by atoms with Gasteiger partial charge in [-0.2, -0.15) is 0 Å². The van der Waals surface area contributed by atoms with Crippen molar-refractivity contribution in [1.29, 1.82) is 0 Å². The third-order valence-corrected chi connectivity index (χ3v) is 7.39. The molecule has 3 atom stereocenters. The van der Waals surface area contributed by atoms with Crippen molar-refractivity contribution in [2.45, 2.75) is 51.2 Å². The fourth-order valence-electron chi connectivity index (χ4n) is 5.02. The summed E-state index contributed by atoms with van der Waals surface area (Å²) in [7, 11) is 0. The lowest BCUT2D eigenvalue weighted by Crippen LogP contribution is -2.57. The van der Waals surface area contributed by atoms with Gasteiger partial charge in [-0.25, -0.2) is 0 Å². The number of phenolic OH excluding ortho intramolecular Hbond substituents is 2. The van der Waals surface area contributed by atoms with Gasteiger partial charge in [0.15, 0.2) is 0 Å². The van der Waals surface area contributed by atoms with Gasteiger partial charge in [-0.05, 0) is 64.1 Å². The molecule has 0 heterocycles. The molecule has 228 valence electrons. The molecule has 0 radical (unpaired) electrons. The van der Waals surface area contributed by atoms with E-state index in [9.17, 15) is 29.4 Å². The molecule has 5 N–H and O–H groups in total. The van der Waals surface area contributed by atoms with Gasteiger partial charge in [0.2, 0.25) is 17.7 Å². The number of hydrogen-bond donors (Lipinski definition) is 5. The molecule has 0 aliphatic carbocycles. The molecule has 4 aromatic carbocycles. The second-order valence-corrected chi connectivity index (χ2v) is 11.2. The van der Waals surface area contributed by atoms with Crippen molar-refractivity contribution < 1.29 is 29.4 Å². The lowest BCUT2D eigenvalue weighted by Gasteiger charge is -2.26. The Balaban J connectivity index is 1.49. The number of aldehydes is 1. The Labute approximate surface area is 256 Å². The van der Waals surface area contributed by atoms with Crippen LogP contribution in [0.3, 0.4) is 0 Å². The highest BCUT2D eigenvalue weighted by molar-refractivity contribution is 5.95. The van der Waals surface area contributed by atoms with Crippen LogP contribution in [0.5, 0.6) is 11.5 Å². The minimum atomic E-state index is -1.02. The van der Waals surface area contributed by atoms with Crippen LogP contribution in [0.2, 0.25) is 0 Å².